The number of piperidine rings is 1. The molecule has 0 saturated carbocycles. The number of hydrogen-bond donors (Lipinski definition) is 0. The van der Waals surface area contributed by atoms with Gasteiger partial charge in [0.1, 0.15) is 0 Å². The summed E-state index contributed by atoms with van der Waals surface area (Å²) in [5.74, 6) is 0.240. The number of benzene rings is 1. The van der Waals surface area contributed by atoms with E-state index in [9.17, 15) is 4.79 Å². The molecule has 20 heavy (non-hydrogen) atoms. The van der Waals surface area contributed by atoms with Crippen LogP contribution in [0.5, 0.6) is 0 Å². The number of amides is 1. The number of carbonyl (C=O) groups is 1. The second kappa shape index (κ2) is 7.44. The molecule has 3 heteroatoms. The standard InChI is InChI=1S/C17H26N2O/c1-3-19(16-9-7-8-15(2)14-16)17(20)10-13-18-11-5-4-6-12-18/h7-9,14H,3-6,10-13H2,1-2H3. The first-order valence-electron chi connectivity index (χ1n) is 7.80. The predicted octanol–water partition coefficient (Wildman–Crippen LogP) is 3.22. The molecule has 1 amide bonds. The van der Waals surface area contributed by atoms with Crippen molar-refractivity contribution in [2.75, 3.05) is 31.1 Å². The molecular weight excluding hydrogens is 248 g/mol. The molecule has 1 heterocycles. The molecular formula is C17H26N2O. The van der Waals surface area contributed by atoms with E-state index in [0.717, 1.165) is 31.9 Å². The van der Waals surface area contributed by atoms with Crippen molar-refractivity contribution in [3.63, 3.8) is 0 Å². The average molecular weight is 274 g/mol. The molecule has 0 aromatic heterocycles. The molecule has 1 aliphatic rings. The van der Waals surface area contributed by atoms with Gasteiger partial charge in [0, 0.05) is 25.2 Å². The van der Waals surface area contributed by atoms with Gasteiger partial charge in [0.25, 0.3) is 0 Å². The van der Waals surface area contributed by atoms with Crippen LogP contribution in [0, 0.1) is 6.92 Å². The van der Waals surface area contributed by atoms with Crippen LogP contribution >= 0.6 is 0 Å². The summed E-state index contributed by atoms with van der Waals surface area (Å²) in [6.45, 7) is 8.06. The van der Waals surface area contributed by atoms with Crippen molar-refractivity contribution >= 4 is 11.6 Å². The SMILES string of the molecule is CCN(C(=O)CCN1CCCCC1)c1cccc(C)c1. The maximum Gasteiger partial charge on any atom is 0.228 e. The van der Waals surface area contributed by atoms with Crippen molar-refractivity contribution < 1.29 is 4.79 Å². The molecule has 3 nitrogen and oxygen atoms in total. The van der Waals surface area contributed by atoms with Gasteiger partial charge in [-0.1, -0.05) is 18.6 Å². The quantitative estimate of drug-likeness (QED) is 0.823. The Hall–Kier alpha value is -1.35. The molecule has 0 aliphatic carbocycles. The zero-order chi connectivity index (χ0) is 14.4. The van der Waals surface area contributed by atoms with Gasteiger partial charge in [-0.2, -0.15) is 0 Å². The molecule has 0 radical (unpaired) electrons. The lowest BCUT2D eigenvalue weighted by Gasteiger charge is -2.27. The fraction of sp³-hybridized carbons (Fsp3) is 0.588. The van der Waals surface area contributed by atoms with E-state index in [1.807, 2.05) is 24.0 Å². The molecule has 1 aromatic carbocycles. The number of hydrogen-bond acceptors (Lipinski definition) is 2. The van der Waals surface area contributed by atoms with Crippen LogP contribution in [0.25, 0.3) is 0 Å². The lowest BCUT2D eigenvalue weighted by molar-refractivity contribution is -0.118. The summed E-state index contributed by atoms with van der Waals surface area (Å²) in [5.41, 5.74) is 2.22. The van der Waals surface area contributed by atoms with E-state index in [2.05, 4.69) is 24.0 Å². The van der Waals surface area contributed by atoms with Crippen LogP contribution in [0.3, 0.4) is 0 Å². The Morgan fingerprint density at radius 1 is 1.25 bits per heavy atom. The van der Waals surface area contributed by atoms with E-state index in [0.29, 0.717) is 6.42 Å². The van der Waals surface area contributed by atoms with Gasteiger partial charge in [-0.25, -0.2) is 0 Å². The number of anilines is 1. The summed E-state index contributed by atoms with van der Waals surface area (Å²) in [6, 6.07) is 8.19. The third-order valence-electron chi connectivity index (χ3n) is 4.02. The molecule has 0 bridgehead atoms. The van der Waals surface area contributed by atoms with E-state index in [4.69, 9.17) is 0 Å². The molecule has 1 aliphatic heterocycles. The van der Waals surface area contributed by atoms with Crippen LogP contribution in [0.15, 0.2) is 24.3 Å². The Kier molecular flexibility index (Phi) is 5.60. The van der Waals surface area contributed by atoms with E-state index < -0.39 is 0 Å². The molecule has 0 atom stereocenters. The first-order chi connectivity index (χ1) is 9.70. The minimum absolute atomic E-state index is 0.240. The zero-order valence-corrected chi connectivity index (χ0v) is 12.8. The Morgan fingerprint density at radius 3 is 2.65 bits per heavy atom. The second-order valence-electron chi connectivity index (χ2n) is 5.63. The molecule has 1 saturated heterocycles. The fourth-order valence-corrected chi connectivity index (χ4v) is 2.87. The highest BCUT2D eigenvalue weighted by molar-refractivity contribution is 5.93. The highest BCUT2D eigenvalue weighted by Gasteiger charge is 2.16. The van der Waals surface area contributed by atoms with E-state index >= 15 is 0 Å². The summed E-state index contributed by atoms with van der Waals surface area (Å²) in [6.07, 6.45) is 4.53. The second-order valence-corrected chi connectivity index (χ2v) is 5.63. The Bertz CT molecular complexity index is 438. The maximum absolute atomic E-state index is 12.4. The van der Waals surface area contributed by atoms with Crippen LogP contribution in [0.1, 0.15) is 38.2 Å². The first-order valence-corrected chi connectivity index (χ1v) is 7.80. The Labute approximate surface area is 122 Å². The summed E-state index contributed by atoms with van der Waals surface area (Å²) >= 11 is 0. The number of carbonyl (C=O) groups excluding carboxylic acids is 1. The Balaban J connectivity index is 1.91. The molecule has 2 rings (SSSR count). The van der Waals surface area contributed by atoms with Gasteiger partial charge in [-0.05, 0) is 57.5 Å². The predicted molar refractivity (Wildman–Crippen MR) is 84.1 cm³/mol. The first kappa shape index (κ1) is 15.0. The summed E-state index contributed by atoms with van der Waals surface area (Å²) in [4.78, 5) is 16.7. The van der Waals surface area contributed by atoms with Gasteiger partial charge in [0.2, 0.25) is 5.91 Å². The molecule has 0 unspecified atom stereocenters. The van der Waals surface area contributed by atoms with Gasteiger partial charge >= 0.3 is 0 Å². The molecule has 0 spiro atoms. The van der Waals surface area contributed by atoms with Crippen LogP contribution < -0.4 is 4.90 Å². The number of likely N-dealkylation sites (tertiary alicyclic amines) is 1. The van der Waals surface area contributed by atoms with Gasteiger partial charge in [-0.3, -0.25) is 4.79 Å². The average Bonchev–Trinajstić information content (AvgIpc) is 2.47. The summed E-state index contributed by atoms with van der Waals surface area (Å²) in [5, 5.41) is 0. The van der Waals surface area contributed by atoms with E-state index in [1.165, 1.54) is 24.8 Å². The van der Waals surface area contributed by atoms with Crippen molar-refractivity contribution in [2.24, 2.45) is 0 Å². The van der Waals surface area contributed by atoms with Crippen LogP contribution in [-0.2, 0) is 4.79 Å². The van der Waals surface area contributed by atoms with E-state index in [1.54, 1.807) is 0 Å². The monoisotopic (exact) mass is 274 g/mol. The highest BCUT2D eigenvalue weighted by Crippen LogP contribution is 2.17. The lowest BCUT2D eigenvalue weighted by atomic mass is 10.1. The van der Waals surface area contributed by atoms with Crippen LogP contribution in [0.2, 0.25) is 0 Å². The number of rotatable bonds is 5. The minimum atomic E-state index is 0.240. The highest BCUT2D eigenvalue weighted by atomic mass is 16.2. The van der Waals surface area contributed by atoms with Crippen molar-refractivity contribution in [3.05, 3.63) is 29.8 Å². The van der Waals surface area contributed by atoms with Gasteiger partial charge in [-0.15, -0.1) is 0 Å². The van der Waals surface area contributed by atoms with E-state index in [-0.39, 0.29) is 5.91 Å². The molecule has 1 fully saturated rings. The number of nitrogens with zero attached hydrogens (tertiary/aromatic N) is 2. The van der Waals surface area contributed by atoms with Crippen LogP contribution in [-0.4, -0.2) is 37.0 Å². The van der Waals surface area contributed by atoms with Crippen molar-refractivity contribution in [3.8, 4) is 0 Å². The smallest absolute Gasteiger partial charge is 0.228 e. The zero-order valence-electron chi connectivity index (χ0n) is 12.8. The van der Waals surface area contributed by atoms with Gasteiger partial charge < -0.3 is 9.80 Å². The Morgan fingerprint density at radius 2 is 2.00 bits per heavy atom. The normalized spacial score (nSPS) is 16.1. The van der Waals surface area contributed by atoms with Crippen molar-refractivity contribution in [1.82, 2.24) is 4.90 Å². The third-order valence-corrected chi connectivity index (χ3v) is 4.02. The van der Waals surface area contributed by atoms with Crippen LogP contribution in [0.4, 0.5) is 5.69 Å². The summed E-state index contributed by atoms with van der Waals surface area (Å²) in [7, 11) is 0. The maximum atomic E-state index is 12.4. The third kappa shape index (κ3) is 4.07. The lowest BCUT2D eigenvalue weighted by Crippen LogP contribution is -2.36. The van der Waals surface area contributed by atoms with Crippen molar-refractivity contribution in [2.45, 2.75) is 39.5 Å². The molecule has 1 aromatic rings. The summed E-state index contributed by atoms with van der Waals surface area (Å²) < 4.78 is 0. The molecule has 110 valence electrons. The largest absolute Gasteiger partial charge is 0.313 e. The van der Waals surface area contributed by atoms with Gasteiger partial charge in [0.15, 0.2) is 0 Å². The topological polar surface area (TPSA) is 23.6 Å². The fourth-order valence-electron chi connectivity index (χ4n) is 2.87. The van der Waals surface area contributed by atoms with Gasteiger partial charge in [0.05, 0.1) is 0 Å². The van der Waals surface area contributed by atoms with Crippen molar-refractivity contribution in [1.29, 1.82) is 0 Å². The number of aryl methyl sites for hydroxylation is 1. The minimum Gasteiger partial charge on any atom is -0.313 e. The molecule has 0 N–H and O–H groups in total.